The quantitative estimate of drug-likeness (QED) is 0.900. The second kappa shape index (κ2) is 5.49. The Labute approximate surface area is 120 Å². The van der Waals surface area contributed by atoms with Gasteiger partial charge < -0.3 is 5.11 Å². The highest BCUT2D eigenvalue weighted by molar-refractivity contribution is 7.92. The van der Waals surface area contributed by atoms with Crippen LogP contribution in [-0.2, 0) is 10.0 Å². The molecular weight excluding hydrogens is 299 g/mol. The summed E-state index contributed by atoms with van der Waals surface area (Å²) < 4.78 is 40.2. The first-order valence-corrected chi connectivity index (χ1v) is 7.27. The number of aromatic carboxylic acids is 1. The van der Waals surface area contributed by atoms with E-state index in [1.807, 2.05) is 0 Å². The van der Waals surface area contributed by atoms with Crippen molar-refractivity contribution in [3.05, 3.63) is 53.5 Å². The minimum absolute atomic E-state index is 0.0826. The molecule has 8 heteroatoms. The van der Waals surface area contributed by atoms with Gasteiger partial charge in [0.2, 0.25) is 0 Å². The maximum absolute atomic E-state index is 13.8. The predicted octanol–water partition coefficient (Wildman–Crippen LogP) is 2.03. The van der Waals surface area contributed by atoms with Gasteiger partial charge in [0.1, 0.15) is 16.5 Å². The lowest BCUT2D eigenvalue weighted by molar-refractivity contribution is 0.0696. The summed E-state index contributed by atoms with van der Waals surface area (Å²) in [6, 6.07) is 5.86. The Morgan fingerprint density at radius 3 is 2.62 bits per heavy atom. The first-order chi connectivity index (χ1) is 9.81. The molecule has 0 radical (unpaired) electrons. The van der Waals surface area contributed by atoms with Gasteiger partial charge in [-0.2, -0.15) is 0 Å². The van der Waals surface area contributed by atoms with E-state index in [9.17, 15) is 17.6 Å². The van der Waals surface area contributed by atoms with Gasteiger partial charge in [-0.1, -0.05) is 6.07 Å². The number of nitrogens with one attached hydrogen (secondary N) is 1. The minimum atomic E-state index is -4.19. The molecule has 2 aromatic rings. The highest BCUT2D eigenvalue weighted by Crippen LogP contribution is 2.20. The zero-order chi connectivity index (χ0) is 15.6. The second-order valence-electron chi connectivity index (χ2n) is 4.22. The molecule has 0 bridgehead atoms. The Balaban J connectivity index is 2.41. The SMILES string of the molecule is Cc1cccnc1NS(=O)(=O)c1ccc(C(=O)O)cc1F. The number of halogens is 1. The van der Waals surface area contributed by atoms with Gasteiger partial charge in [0.15, 0.2) is 0 Å². The van der Waals surface area contributed by atoms with Crippen molar-refractivity contribution >= 4 is 21.8 Å². The fourth-order valence-corrected chi connectivity index (χ4v) is 2.77. The molecule has 1 heterocycles. The molecule has 0 aliphatic carbocycles. The number of carboxylic acid groups (broad SMARTS) is 1. The van der Waals surface area contributed by atoms with Crippen molar-refractivity contribution in [3.63, 3.8) is 0 Å². The van der Waals surface area contributed by atoms with Crippen LogP contribution in [0.4, 0.5) is 10.2 Å². The van der Waals surface area contributed by atoms with Crippen molar-refractivity contribution in [2.24, 2.45) is 0 Å². The zero-order valence-electron chi connectivity index (χ0n) is 10.9. The van der Waals surface area contributed by atoms with E-state index in [1.54, 1.807) is 19.1 Å². The van der Waals surface area contributed by atoms with Gasteiger partial charge in [-0.05, 0) is 36.8 Å². The number of pyridine rings is 1. The molecule has 0 aliphatic rings. The van der Waals surface area contributed by atoms with Gasteiger partial charge in [-0.25, -0.2) is 22.6 Å². The number of aromatic nitrogens is 1. The summed E-state index contributed by atoms with van der Waals surface area (Å²) in [6.07, 6.45) is 1.40. The lowest BCUT2D eigenvalue weighted by Crippen LogP contribution is -2.16. The molecule has 0 amide bonds. The van der Waals surface area contributed by atoms with Gasteiger partial charge >= 0.3 is 5.97 Å². The number of carboxylic acids is 1. The van der Waals surface area contributed by atoms with Gasteiger partial charge in [0, 0.05) is 6.20 Å². The first kappa shape index (κ1) is 14.9. The summed E-state index contributed by atoms with van der Waals surface area (Å²) >= 11 is 0. The molecule has 6 nitrogen and oxygen atoms in total. The predicted molar refractivity (Wildman–Crippen MR) is 73.1 cm³/mol. The van der Waals surface area contributed by atoms with E-state index in [0.717, 1.165) is 12.1 Å². The highest BCUT2D eigenvalue weighted by atomic mass is 32.2. The number of nitrogens with zero attached hydrogens (tertiary/aromatic N) is 1. The Kier molecular flexibility index (Phi) is 3.90. The van der Waals surface area contributed by atoms with Gasteiger partial charge in [-0.3, -0.25) is 4.72 Å². The van der Waals surface area contributed by atoms with E-state index in [4.69, 9.17) is 5.11 Å². The van der Waals surface area contributed by atoms with Crippen LogP contribution in [0.25, 0.3) is 0 Å². The molecule has 1 aromatic heterocycles. The molecule has 2 N–H and O–H groups in total. The molecule has 0 fully saturated rings. The van der Waals surface area contributed by atoms with E-state index in [0.29, 0.717) is 11.6 Å². The Hall–Kier alpha value is -2.48. The Morgan fingerprint density at radius 2 is 2.05 bits per heavy atom. The summed E-state index contributed by atoms with van der Waals surface area (Å²) in [4.78, 5) is 13.9. The van der Waals surface area contributed by atoms with Gasteiger partial charge in [0.05, 0.1) is 5.56 Å². The van der Waals surface area contributed by atoms with E-state index < -0.39 is 26.7 Å². The molecular formula is C13H11FN2O4S. The maximum atomic E-state index is 13.8. The van der Waals surface area contributed by atoms with E-state index >= 15 is 0 Å². The average molecular weight is 310 g/mol. The van der Waals surface area contributed by atoms with E-state index in [-0.39, 0.29) is 11.4 Å². The maximum Gasteiger partial charge on any atom is 0.335 e. The topological polar surface area (TPSA) is 96.4 Å². The highest BCUT2D eigenvalue weighted by Gasteiger charge is 2.21. The monoisotopic (exact) mass is 310 g/mol. The molecule has 0 spiro atoms. The van der Waals surface area contributed by atoms with Gasteiger partial charge in [-0.15, -0.1) is 0 Å². The Morgan fingerprint density at radius 1 is 1.33 bits per heavy atom. The van der Waals surface area contributed by atoms with Crippen LogP contribution in [0, 0.1) is 12.7 Å². The van der Waals surface area contributed by atoms with Crippen molar-refractivity contribution in [3.8, 4) is 0 Å². The lowest BCUT2D eigenvalue weighted by atomic mass is 10.2. The third kappa shape index (κ3) is 3.16. The van der Waals surface area contributed by atoms with Gasteiger partial charge in [0.25, 0.3) is 10.0 Å². The summed E-state index contributed by atoms with van der Waals surface area (Å²) in [5, 5.41) is 8.73. The van der Waals surface area contributed by atoms with Crippen LogP contribution < -0.4 is 4.72 Å². The minimum Gasteiger partial charge on any atom is -0.478 e. The second-order valence-corrected chi connectivity index (χ2v) is 5.88. The van der Waals surface area contributed by atoms with Crippen molar-refractivity contribution in [2.75, 3.05) is 4.72 Å². The molecule has 0 atom stereocenters. The standard InChI is InChI=1S/C13H11FN2O4S/c1-8-3-2-6-15-12(8)16-21(19,20)11-5-4-9(13(17)18)7-10(11)14/h2-7H,1H3,(H,15,16)(H,17,18). The van der Waals surface area contributed by atoms with E-state index in [1.165, 1.54) is 6.20 Å². The van der Waals surface area contributed by atoms with Crippen molar-refractivity contribution in [1.82, 2.24) is 4.98 Å². The van der Waals surface area contributed by atoms with E-state index in [2.05, 4.69) is 9.71 Å². The molecule has 0 saturated heterocycles. The molecule has 21 heavy (non-hydrogen) atoms. The van der Waals surface area contributed by atoms with Crippen LogP contribution in [0.5, 0.6) is 0 Å². The van der Waals surface area contributed by atoms with Crippen LogP contribution >= 0.6 is 0 Å². The number of carbonyl (C=O) groups is 1. The van der Waals surface area contributed by atoms with Crippen LogP contribution in [0.3, 0.4) is 0 Å². The molecule has 2 rings (SSSR count). The largest absolute Gasteiger partial charge is 0.478 e. The number of rotatable bonds is 4. The number of aryl methyl sites for hydroxylation is 1. The summed E-state index contributed by atoms with van der Waals surface area (Å²) in [5.74, 6) is -2.40. The smallest absolute Gasteiger partial charge is 0.335 e. The Bertz CT molecular complexity index is 806. The fourth-order valence-electron chi connectivity index (χ4n) is 1.63. The summed E-state index contributed by atoms with van der Waals surface area (Å²) in [7, 11) is -4.19. The third-order valence-corrected chi connectivity index (χ3v) is 4.08. The molecule has 0 unspecified atom stereocenters. The van der Waals surface area contributed by atoms with Crippen molar-refractivity contribution < 1.29 is 22.7 Å². The molecule has 110 valence electrons. The number of hydrogen-bond donors (Lipinski definition) is 2. The van der Waals surface area contributed by atoms with Crippen molar-refractivity contribution in [2.45, 2.75) is 11.8 Å². The normalized spacial score (nSPS) is 11.1. The van der Waals surface area contributed by atoms with Crippen LogP contribution in [0.2, 0.25) is 0 Å². The van der Waals surface area contributed by atoms with Crippen LogP contribution in [0.15, 0.2) is 41.4 Å². The number of sulfonamides is 1. The number of hydrogen-bond acceptors (Lipinski definition) is 4. The van der Waals surface area contributed by atoms with Crippen LogP contribution in [0.1, 0.15) is 15.9 Å². The lowest BCUT2D eigenvalue weighted by Gasteiger charge is -2.10. The average Bonchev–Trinajstić information content (AvgIpc) is 2.40. The molecule has 0 aliphatic heterocycles. The van der Waals surface area contributed by atoms with Crippen molar-refractivity contribution in [1.29, 1.82) is 0 Å². The first-order valence-electron chi connectivity index (χ1n) is 5.78. The summed E-state index contributed by atoms with van der Waals surface area (Å²) in [5.41, 5.74) is 0.240. The fraction of sp³-hybridized carbons (Fsp3) is 0.0769. The molecule has 1 aromatic carbocycles. The molecule has 0 saturated carbocycles. The number of benzene rings is 1. The third-order valence-electron chi connectivity index (χ3n) is 2.71. The summed E-state index contributed by atoms with van der Waals surface area (Å²) in [6.45, 7) is 1.65. The number of anilines is 1. The zero-order valence-corrected chi connectivity index (χ0v) is 11.7. The van der Waals surface area contributed by atoms with Crippen LogP contribution in [-0.4, -0.2) is 24.5 Å².